The maximum Gasteiger partial charge on any atom is 0.197 e. The summed E-state index contributed by atoms with van der Waals surface area (Å²) in [5.41, 5.74) is 2.53. The summed E-state index contributed by atoms with van der Waals surface area (Å²) in [6.45, 7) is 0. The molecule has 0 saturated heterocycles. The summed E-state index contributed by atoms with van der Waals surface area (Å²) in [5.74, 6) is 0.579. The number of benzene rings is 3. The second-order valence-corrected chi connectivity index (χ2v) is 6.60. The standard InChI is InChI=1S/C21H13BrO3/c22-15-9-5-13(6-10-15)20(24)19-17-3-1-2-4-18(17)25-21(19)14-7-11-16(23)12-8-14/h1-12,23H. The molecule has 25 heavy (non-hydrogen) atoms. The number of fused-ring (bicyclic) bond motifs is 1. The lowest BCUT2D eigenvalue weighted by Gasteiger charge is -2.04. The topological polar surface area (TPSA) is 50.4 Å². The summed E-state index contributed by atoms with van der Waals surface area (Å²) < 4.78 is 6.90. The summed E-state index contributed by atoms with van der Waals surface area (Å²) in [7, 11) is 0. The molecule has 0 radical (unpaired) electrons. The first-order valence-corrected chi connectivity index (χ1v) is 8.54. The van der Waals surface area contributed by atoms with Gasteiger partial charge in [0.25, 0.3) is 0 Å². The van der Waals surface area contributed by atoms with E-state index in [0.29, 0.717) is 22.5 Å². The molecule has 4 aromatic rings. The Kier molecular flexibility index (Phi) is 3.90. The summed E-state index contributed by atoms with van der Waals surface area (Å²) in [5, 5.41) is 10.3. The number of para-hydroxylation sites is 1. The lowest BCUT2D eigenvalue weighted by molar-refractivity contribution is 0.104. The number of hydrogen-bond donors (Lipinski definition) is 1. The predicted molar refractivity (Wildman–Crippen MR) is 101 cm³/mol. The molecule has 1 heterocycles. The molecule has 0 bridgehead atoms. The van der Waals surface area contributed by atoms with Crippen LogP contribution in [-0.4, -0.2) is 10.9 Å². The van der Waals surface area contributed by atoms with Crippen molar-refractivity contribution in [1.29, 1.82) is 0 Å². The zero-order valence-corrected chi connectivity index (χ0v) is 14.7. The van der Waals surface area contributed by atoms with Crippen LogP contribution in [0.1, 0.15) is 15.9 Å². The van der Waals surface area contributed by atoms with Gasteiger partial charge in [0.1, 0.15) is 17.1 Å². The molecule has 0 aliphatic rings. The molecular formula is C21H13BrO3. The van der Waals surface area contributed by atoms with Crippen molar-refractivity contribution in [2.75, 3.05) is 0 Å². The molecule has 4 heteroatoms. The van der Waals surface area contributed by atoms with Gasteiger partial charge in [0.05, 0.1) is 5.56 Å². The molecule has 1 aromatic heterocycles. The quantitative estimate of drug-likeness (QED) is 0.448. The second-order valence-electron chi connectivity index (χ2n) is 5.69. The number of phenolic OH excluding ortho intramolecular Hbond substituents is 1. The number of halogens is 1. The molecule has 122 valence electrons. The highest BCUT2D eigenvalue weighted by Gasteiger charge is 2.23. The Morgan fingerprint density at radius 2 is 1.56 bits per heavy atom. The number of carbonyl (C=O) groups excluding carboxylic acids is 1. The summed E-state index contributed by atoms with van der Waals surface area (Å²) in [6, 6.07) is 21.4. The van der Waals surface area contributed by atoms with Crippen LogP contribution in [0.25, 0.3) is 22.3 Å². The van der Waals surface area contributed by atoms with Crippen LogP contribution in [-0.2, 0) is 0 Å². The minimum absolute atomic E-state index is 0.0967. The molecule has 0 unspecified atom stereocenters. The maximum atomic E-state index is 13.2. The SMILES string of the molecule is O=C(c1ccc(Br)cc1)c1c(-c2ccc(O)cc2)oc2ccccc12. The zero-order valence-electron chi connectivity index (χ0n) is 13.1. The molecule has 0 aliphatic heterocycles. The minimum Gasteiger partial charge on any atom is -0.508 e. The van der Waals surface area contributed by atoms with Crippen molar-refractivity contribution in [2.45, 2.75) is 0 Å². The summed E-state index contributed by atoms with van der Waals surface area (Å²) in [4.78, 5) is 13.2. The maximum absolute atomic E-state index is 13.2. The molecule has 0 amide bonds. The third-order valence-electron chi connectivity index (χ3n) is 4.06. The molecule has 0 fully saturated rings. The van der Waals surface area contributed by atoms with Crippen molar-refractivity contribution < 1.29 is 14.3 Å². The van der Waals surface area contributed by atoms with Crippen molar-refractivity contribution in [1.82, 2.24) is 0 Å². The van der Waals surface area contributed by atoms with Gasteiger partial charge in [-0.05, 0) is 54.6 Å². The average molecular weight is 393 g/mol. The fraction of sp³-hybridized carbons (Fsp3) is 0. The predicted octanol–water partition coefficient (Wildman–Crippen LogP) is 5.80. The first kappa shape index (κ1) is 15.7. The highest BCUT2D eigenvalue weighted by molar-refractivity contribution is 9.10. The number of carbonyl (C=O) groups is 1. The highest BCUT2D eigenvalue weighted by atomic mass is 79.9. The van der Waals surface area contributed by atoms with Crippen molar-refractivity contribution in [3.63, 3.8) is 0 Å². The van der Waals surface area contributed by atoms with Gasteiger partial charge in [0.2, 0.25) is 0 Å². The van der Waals surface area contributed by atoms with Crippen LogP contribution in [0.2, 0.25) is 0 Å². The molecule has 4 rings (SSSR count). The highest BCUT2D eigenvalue weighted by Crippen LogP contribution is 2.35. The van der Waals surface area contributed by atoms with Crippen LogP contribution in [0.15, 0.2) is 81.7 Å². The molecule has 0 spiro atoms. The van der Waals surface area contributed by atoms with Crippen molar-refractivity contribution in [2.24, 2.45) is 0 Å². The van der Waals surface area contributed by atoms with Gasteiger partial charge in [-0.3, -0.25) is 4.79 Å². The summed E-state index contributed by atoms with van der Waals surface area (Å²) in [6.07, 6.45) is 0. The number of phenols is 1. The zero-order chi connectivity index (χ0) is 17.4. The van der Waals surface area contributed by atoms with E-state index in [1.165, 1.54) is 0 Å². The largest absolute Gasteiger partial charge is 0.508 e. The minimum atomic E-state index is -0.0967. The van der Waals surface area contributed by atoms with Gasteiger partial charge < -0.3 is 9.52 Å². The van der Waals surface area contributed by atoms with E-state index in [4.69, 9.17) is 4.42 Å². The van der Waals surface area contributed by atoms with Gasteiger partial charge >= 0.3 is 0 Å². The Labute approximate surface area is 152 Å². The van der Waals surface area contributed by atoms with Gasteiger partial charge in [-0.1, -0.05) is 34.1 Å². The Morgan fingerprint density at radius 3 is 2.28 bits per heavy atom. The molecular weight excluding hydrogens is 380 g/mol. The average Bonchev–Trinajstić information content (AvgIpc) is 3.02. The van der Waals surface area contributed by atoms with E-state index in [1.54, 1.807) is 36.4 Å². The Morgan fingerprint density at radius 1 is 0.880 bits per heavy atom. The first-order valence-electron chi connectivity index (χ1n) is 7.75. The second kappa shape index (κ2) is 6.22. The van der Waals surface area contributed by atoms with E-state index >= 15 is 0 Å². The fourth-order valence-electron chi connectivity index (χ4n) is 2.83. The van der Waals surface area contributed by atoms with Crippen LogP contribution in [0.3, 0.4) is 0 Å². The number of ketones is 1. The van der Waals surface area contributed by atoms with Crippen LogP contribution in [0.5, 0.6) is 5.75 Å². The van der Waals surface area contributed by atoms with E-state index in [-0.39, 0.29) is 11.5 Å². The third kappa shape index (κ3) is 2.85. The Hall–Kier alpha value is -2.85. The van der Waals surface area contributed by atoms with Gasteiger partial charge in [-0.25, -0.2) is 0 Å². The van der Waals surface area contributed by atoms with Crippen molar-refractivity contribution in [3.05, 3.63) is 88.4 Å². The summed E-state index contributed by atoms with van der Waals surface area (Å²) >= 11 is 3.39. The lowest BCUT2D eigenvalue weighted by Crippen LogP contribution is -2.02. The molecule has 0 atom stereocenters. The fourth-order valence-corrected chi connectivity index (χ4v) is 3.10. The number of aromatic hydroxyl groups is 1. The molecule has 1 N–H and O–H groups in total. The van der Waals surface area contributed by atoms with E-state index in [1.807, 2.05) is 36.4 Å². The van der Waals surface area contributed by atoms with Gasteiger partial charge in [0.15, 0.2) is 5.78 Å². The van der Waals surface area contributed by atoms with Crippen LogP contribution in [0.4, 0.5) is 0 Å². The number of furan rings is 1. The normalized spacial score (nSPS) is 10.9. The van der Waals surface area contributed by atoms with Crippen LogP contribution in [0, 0.1) is 0 Å². The monoisotopic (exact) mass is 392 g/mol. The third-order valence-corrected chi connectivity index (χ3v) is 4.59. The van der Waals surface area contributed by atoms with Crippen LogP contribution < -0.4 is 0 Å². The van der Waals surface area contributed by atoms with Gasteiger partial charge in [0, 0.05) is 21.0 Å². The number of hydrogen-bond acceptors (Lipinski definition) is 3. The van der Waals surface area contributed by atoms with Crippen LogP contribution >= 0.6 is 15.9 Å². The molecule has 3 nitrogen and oxygen atoms in total. The van der Waals surface area contributed by atoms with E-state index in [0.717, 1.165) is 15.4 Å². The lowest BCUT2D eigenvalue weighted by atomic mass is 9.97. The Bertz CT molecular complexity index is 1060. The van der Waals surface area contributed by atoms with E-state index < -0.39 is 0 Å². The molecule has 3 aromatic carbocycles. The van der Waals surface area contributed by atoms with Gasteiger partial charge in [-0.2, -0.15) is 0 Å². The van der Waals surface area contributed by atoms with E-state index in [9.17, 15) is 9.90 Å². The van der Waals surface area contributed by atoms with Crippen molar-refractivity contribution in [3.8, 4) is 17.1 Å². The smallest absolute Gasteiger partial charge is 0.197 e. The molecule has 0 saturated carbocycles. The van der Waals surface area contributed by atoms with E-state index in [2.05, 4.69) is 15.9 Å². The van der Waals surface area contributed by atoms with Gasteiger partial charge in [-0.15, -0.1) is 0 Å². The Balaban J connectivity index is 1.94. The van der Waals surface area contributed by atoms with Crippen molar-refractivity contribution >= 4 is 32.7 Å². The molecule has 0 aliphatic carbocycles. The number of rotatable bonds is 3. The first-order chi connectivity index (χ1) is 12.1.